The van der Waals surface area contributed by atoms with Crippen LogP contribution in [0.25, 0.3) is 11.1 Å². The standard InChI is InChI=1S/C22H20N2O6/c1-12(21(27)30-18-10-19(25)24-20(18)26)23-22(28)29-11-17-15-8-4-2-6-13(15)14-7-3-5-9-16(14)17/h2-9,12,17-18H,10-11H2,1H3,(H,23,28)(H,24,25,26)/t12-,18-/m0/s1. The van der Waals surface area contributed by atoms with Gasteiger partial charge in [-0.25, -0.2) is 9.59 Å². The van der Waals surface area contributed by atoms with E-state index in [1.807, 2.05) is 48.5 Å². The second kappa shape index (κ2) is 7.98. The number of alkyl carbamates (subject to hydrolysis) is 1. The van der Waals surface area contributed by atoms with Crippen LogP contribution < -0.4 is 10.6 Å². The fraction of sp³-hybridized carbons (Fsp3) is 0.273. The van der Waals surface area contributed by atoms with Crippen LogP contribution in [0.2, 0.25) is 0 Å². The topological polar surface area (TPSA) is 111 Å². The number of amides is 3. The number of benzene rings is 2. The summed E-state index contributed by atoms with van der Waals surface area (Å²) in [6.07, 6.45) is -2.16. The number of imide groups is 1. The van der Waals surface area contributed by atoms with Crippen molar-refractivity contribution in [3.63, 3.8) is 0 Å². The second-order valence-corrected chi connectivity index (χ2v) is 7.23. The number of ether oxygens (including phenoxy) is 2. The van der Waals surface area contributed by atoms with Crippen molar-refractivity contribution >= 4 is 23.9 Å². The number of rotatable bonds is 5. The first-order valence-electron chi connectivity index (χ1n) is 9.59. The van der Waals surface area contributed by atoms with Gasteiger partial charge in [0.15, 0.2) is 6.10 Å². The summed E-state index contributed by atoms with van der Waals surface area (Å²) < 4.78 is 10.4. The number of fused-ring (bicyclic) bond motifs is 3. The molecule has 154 valence electrons. The maximum atomic E-state index is 12.2. The Kier molecular flexibility index (Phi) is 5.22. The lowest BCUT2D eigenvalue weighted by molar-refractivity contribution is -0.155. The van der Waals surface area contributed by atoms with Gasteiger partial charge in [0, 0.05) is 5.92 Å². The highest BCUT2D eigenvalue weighted by atomic mass is 16.6. The van der Waals surface area contributed by atoms with Crippen molar-refractivity contribution < 1.29 is 28.7 Å². The van der Waals surface area contributed by atoms with Crippen molar-refractivity contribution in [3.8, 4) is 11.1 Å². The molecule has 1 aliphatic carbocycles. The summed E-state index contributed by atoms with van der Waals surface area (Å²) in [5, 5.41) is 4.45. The van der Waals surface area contributed by atoms with Gasteiger partial charge in [0.2, 0.25) is 5.91 Å². The first-order valence-corrected chi connectivity index (χ1v) is 9.59. The third-order valence-corrected chi connectivity index (χ3v) is 5.22. The number of hydrogen-bond acceptors (Lipinski definition) is 6. The lowest BCUT2D eigenvalue weighted by Crippen LogP contribution is -2.42. The summed E-state index contributed by atoms with van der Waals surface area (Å²) in [6.45, 7) is 1.53. The molecule has 2 aromatic rings. The Morgan fingerprint density at radius 2 is 1.67 bits per heavy atom. The monoisotopic (exact) mass is 408 g/mol. The lowest BCUT2D eigenvalue weighted by Gasteiger charge is -2.17. The number of carbonyl (C=O) groups is 4. The van der Waals surface area contributed by atoms with E-state index in [1.165, 1.54) is 6.92 Å². The maximum absolute atomic E-state index is 12.2. The molecule has 8 heteroatoms. The van der Waals surface area contributed by atoms with Crippen LogP contribution in [-0.4, -0.2) is 42.6 Å². The van der Waals surface area contributed by atoms with E-state index >= 15 is 0 Å². The minimum Gasteiger partial charge on any atom is -0.450 e. The largest absolute Gasteiger partial charge is 0.450 e. The number of nitrogens with one attached hydrogen (secondary N) is 2. The van der Waals surface area contributed by atoms with E-state index in [4.69, 9.17) is 9.47 Å². The molecule has 0 bridgehead atoms. The summed E-state index contributed by atoms with van der Waals surface area (Å²) in [4.78, 5) is 47.0. The molecule has 2 atom stereocenters. The Morgan fingerprint density at radius 3 is 2.23 bits per heavy atom. The highest BCUT2D eigenvalue weighted by Crippen LogP contribution is 2.44. The highest BCUT2D eigenvalue weighted by Gasteiger charge is 2.35. The van der Waals surface area contributed by atoms with Crippen LogP contribution >= 0.6 is 0 Å². The molecular formula is C22H20N2O6. The number of esters is 1. The van der Waals surface area contributed by atoms with Crippen LogP contribution in [0.3, 0.4) is 0 Å². The predicted molar refractivity (Wildman–Crippen MR) is 105 cm³/mol. The van der Waals surface area contributed by atoms with Crippen LogP contribution in [0.15, 0.2) is 48.5 Å². The fourth-order valence-electron chi connectivity index (χ4n) is 3.74. The van der Waals surface area contributed by atoms with Crippen LogP contribution in [-0.2, 0) is 23.9 Å². The Balaban J connectivity index is 1.34. The fourth-order valence-corrected chi connectivity index (χ4v) is 3.74. The molecule has 1 fully saturated rings. The highest BCUT2D eigenvalue weighted by molar-refractivity contribution is 6.05. The van der Waals surface area contributed by atoms with Crippen molar-refractivity contribution in [2.24, 2.45) is 0 Å². The smallest absolute Gasteiger partial charge is 0.407 e. The van der Waals surface area contributed by atoms with E-state index in [0.29, 0.717) is 0 Å². The van der Waals surface area contributed by atoms with Gasteiger partial charge in [0.25, 0.3) is 5.91 Å². The van der Waals surface area contributed by atoms with Gasteiger partial charge < -0.3 is 14.8 Å². The van der Waals surface area contributed by atoms with Crippen molar-refractivity contribution in [2.45, 2.75) is 31.4 Å². The lowest BCUT2D eigenvalue weighted by atomic mass is 9.98. The Hall–Kier alpha value is -3.68. The molecule has 2 aliphatic rings. The molecule has 1 saturated heterocycles. The molecule has 3 amide bonds. The molecule has 0 unspecified atom stereocenters. The molecule has 1 heterocycles. The van der Waals surface area contributed by atoms with Gasteiger partial charge in [-0.3, -0.25) is 14.9 Å². The summed E-state index contributed by atoms with van der Waals surface area (Å²) >= 11 is 0. The first kappa shape index (κ1) is 19.6. The van der Waals surface area contributed by atoms with E-state index in [-0.39, 0.29) is 18.9 Å². The second-order valence-electron chi connectivity index (χ2n) is 7.23. The molecule has 4 rings (SSSR count). The van der Waals surface area contributed by atoms with Crippen LogP contribution in [0.1, 0.15) is 30.4 Å². The molecule has 0 spiro atoms. The normalized spacial score (nSPS) is 18.2. The molecular weight excluding hydrogens is 388 g/mol. The molecule has 0 saturated carbocycles. The Labute approximate surface area is 172 Å². The van der Waals surface area contributed by atoms with Crippen molar-refractivity contribution in [1.29, 1.82) is 0 Å². The van der Waals surface area contributed by atoms with Gasteiger partial charge in [0.05, 0.1) is 6.42 Å². The predicted octanol–water partition coefficient (Wildman–Crippen LogP) is 1.87. The summed E-state index contributed by atoms with van der Waals surface area (Å²) in [7, 11) is 0. The molecule has 0 aromatic heterocycles. The van der Waals surface area contributed by atoms with E-state index < -0.39 is 36.0 Å². The SMILES string of the molecule is C[C@H](NC(=O)OCC1c2ccccc2-c2ccccc21)C(=O)O[C@H]1CC(=O)NC1=O. The van der Waals surface area contributed by atoms with E-state index in [0.717, 1.165) is 22.3 Å². The van der Waals surface area contributed by atoms with Gasteiger partial charge in [-0.1, -0.05) is 48.5 Å². The minimum atomic E-state index is -1.17. The summed E-state index contributed by atoms with van der Waals surface area (Å²) in [5.41, 5.74) is 4.39. The summed E-state index contributed by atoms with van der Waals surface area (Å²) in [6, 6.07) is 14.9. The van der Waals surface area contributed by atoms with E-state index in [2.05, 4.69) is 10.6 Å². The van der Waals surface area contributed by atoms with Crippen LogP contribution in [0.4, 0.5) is 4.79 Å². The minimum absolute atomic E-state index is 0.0985. The first-order chi connectivity index (χ1) is 14.4. The van der Waals surface area contributed by atoms with Crippen molar-refractivity contribution in [3.05, 3.63) is 59.7 Å². The third-order valence-electron chi connectivity index (χ3n) is 5.22. The van der Waals surface area contributed by atoms with Gasteiger partial charge in [0.1, 0.15) is 12.6 Å². The van der Waals surface area contributed by atoms with Gasteiger partial charge in [-0.2, -0.15) is 0 Å². The van der Waals surface area contributed by atoms with Gasteiger partial charge in [-0.05, 0) is 29.2 Å². The molecule has 2 aromatic carbocycles. The van der Waals surface area contributed by atoms with Crippen LogP contribution in [0, 0.1) is 0 Å². The van der Waals surface area contributed by atoms with Crippen molar-refractivity contribution in [1.82, 2.24) is 10.6 Å². The van der Waals surface area contributed by atoms with Crippen LogP contribution in [0.5, 0.6) is 0 Å². The Morgan fingerprint density at radius 1 is 1.07 bits per heavy atom. The zero-order chi connectivity index (χ0) is 21.3. The molecule has 30 heavy (non-hydrogen) atoms. The average Bonchev–Trinajstić information content (AvgIpc) is 3.22. The molecule has 1 aliphatic heterocycles. The number of carbonyl (C=O) groups excluding carboxylic acids is 4. The van der Waals surface area contributed by atoms with E-state index in [9.17, 15) is 19.2 Å². The quantitative estimate of drug-likeness (QED) is 0.577. The zero-order valence-corrected chi connectivity index (χ0v) is 16.2. The summed E-state index contributed by atoms with van der Waals surface area (Å²) in [5.74, 6) is -2.09. The third kappa shape index (κ3) is 3.76. The van der Waals surface area contributed by atoms with Gasteiger partial charge >= 0.3 is 12.1 Å². The molecule has 2 N–H and O–H groups in total. The Bertz CT molecular complexity index is 988. The zero-order valence-electron chi connectivity index (χ0n) is 16.2. The van der Waals surface area contributed by atoms with E-state index in [1.54, 1.807) is 0 Å². The molecule has 8 nitrogen and oxygen atoms in total. The van der Waals surface area contributed by atoms with Crippen molar-refractivity contribution in [2.75, 3.05) is 6.61 Å². The number of hydrogen-bond donors (Lipinski definition) is 2. The maximum Gasteiger partial charge on any atom is 0.407 e. The average molecular weight is 408 g/mol. The molecule has 0 radical (unpaired) electrons. The van der Waals surface area contributed by atoms with Gasteiger partial charge in [-0.15, -0.1) is 0 Å².